The second-order valence-corrected chi connectivity index (χ2v) is 7.54. The van der Waals surface area contributed by atoms with E-state index >= 15 is 0 Å². The molecule has 0 aliphatic carbocycles. The minimum Gasteiger partial charge on any atom is -0.469 e. The van der Waals surface area contributed by atoms with E-state index in [0.29, 0.717) is 27.4 Å². The highest BCUT2D eigenvalue weighted by atomic mass is 35.5. The lowest BCUT2D eigenvalue weighted by atomic mass is 9.99. The number of benzene rings is 2. The third-order valence-electron chi connectivity index (χ3n) is 5.01. The van der Waals surface area contributed by atoms with Crippen molar-refractivity contribution in [2.75, 3.05) is 6.61 Å². The molecule has 3 rings (SSSR count). The number of halogens is 1. The van der Waals surface area contributed by atoms with E-state index in [2.05, 4.69) is 5.10 Å². The summed E-state index contributed by atoms with van der Waals surface area (Å²) in [5.74, 6) is -0.199. The van der Waals surface area contributed by atoms with Gasteiger partial charge in [0.1, 0.15) is 5.56 Å². The number of nitrogens with zero attached hydrogens (tertiary/aromatic N) is 2. The van der Waals surface area contributed by atoms with Crippen LogP contribution in [0.4, 0.5) is 0 Å². The molecule has 3 aromatic rings. The Bertz CT molecular complexity index is 1100. The summed E-state index contributed by atoms with van der Waals surface area (Å²) in [6, 6.07) is 10.8. The standard InChI is InChI=1S/C23H23ClN2O3/c1-13-6-9-17(10-7-13)19(27)12-29-23-20(16(4)25-26(23)5)22(28)18-11-8-14(2)15(3)21(18)24/h6-11H,12H2,1-5H3. The lowest BCUT2D eigenvalue weighted by Gasteiger charge is -2.11. The van der Waals surface area contributed by atoms with Crippen molar-refractivity contribution < 1.29 is 14.3 Å². The molecule has 0 saturated heterocycles. The molecular formula is C23H23ClN2O3. The third-order valence-corrected chi connectivity index (χ3v) is 5.50. The van der Waals surface area contributed by atoms with Gasteiger partial charge in [0.15, 0.2) is 12.4 Å². The normalized spacial score (nSPS) is 10.8. The van der Waals surface area contributed by atoms with Gasteiger partial charge < -0.3 is 4.74 Å². The van der Waals surface area contributed by atoms with Crippen LogP contribution in [0.15, 0.2) is 36.4 Å². The smallest absolute Gasteiger partial charge is 0.223 e. The number of ketones is 2. The molecule has 0 atom stereocenters. The van der Waals surface area contributed by atoms with Crippen LogP contribution in [0.1, 0.15) is 48.7 Å². The highest BCUT2D eigenvalue weighted by Crippen LogP contribution is 2.30. The fourth-order valence-corrected chi connectivity index (χ4v) is 3.41. The summed E-state index contributed by atoms with van der Waals surface area (Å²) < 4.78 is 7.23. The maximum Gasteiger partial charge on any atom is 0.223 e. The predicted molar refractivity (Wildman–Crippen MR) is 113 cm³/mol. The van der Waals surface area contributed by atoms with Gasteiger partial charge >= 0.3 is 0 Å². The molecule has 2 aromatic carbocycles. The summed E-state index contributed by atoms with van der Waals surface area (Å²) in [6.45, 7) is 7.32. The van der Waals surface area contributed by atoms with Gasteiger partial charge in [0, 0.05) is 18.2 Å². The lowest BCUT2D eigenvalue weighted by molar-refractivity contribution is 0.0908. The van der Waals surface area contributed by atoms with E-state index < -0.39 is 0 Å². The van der Waals surface area contributed by atoms with E-state index in [-0.39, 0.29) is 24.1 Å². The molecule has 5 nitrogen and oxygen atoms in total. The Balaban J connectivity index is 1.90. The first kappa shape index (κ1) is 20.8. The van der Waals surface area contributed by atoms with Gasteiger partial charge in [-0.3, -0.25) is 9.59 Å². The number of ether oxygens (including phenoxy) is 1. The highest BCUT2D eigenvalue weighted by molar-refractivity contribution is 6.36. The average Bonchev–Trinajstić information content (AvgIpc) is 2.97. The van der Waals surface area contributed by atoms with Crippen molar-refractivity contribution in [1.29, 1.82) is 0 Å². The van der Waals surface area contributed by atoms with Gasteiger partial charge in [0.05, 0.1) is 10.7 Å². The molecule has 0 saturated carbocycles. The van der Waals surface area contributed by atoms with Gasteiger partial charge in [-0.2, -0.15) is 5.10 Å². The first-order chi connectivity index (χ1) is 13.7. The van der Waals surface area contributed by atoms with Gasteiger partial charge in [-0.25, -0.2) is 4.68 Å². The summed E-state index contributed by atoms with van der Waals surface area (Å²) in [5.41, 5.74) is 4.72. The van der Waals surface area contributed by atoms with Gasteiger partial charge in [0.25, 0.3) is 0 Å². The van der Waals surface area contributed by atoms with Crippen LogP contribution in [0, 0.1) is 27.7 Å². The molecule has 0 bridgehead atoms. The van der Waals surface area contributed by atoms with Crippen molar-refractivity contribution >= 4 is 23.2 Å². The number of hydrogen-bond donors (Lipinski definition) is 0. The zero-order valence-electron chi connectivity index (χ0n) is 17.2. The summed E-state index contributed by atoms with van der Waals surface area (Å²) in [6.07, 6.45) is 0. The molecular weight excluding hydrogens is 388 g/mol. The van der Waals surface area contributed by atoms with Gasteiger partial charge in [-0.05, 0) is 44.9 Å². The number of aromatic nitrogens is 2. The van der Waals surface area contributed by atoms with E-state index in [4.69, 9.17) is 16.3 Å². The van der Waals surface area contributed by atoms with Gasteiger partial charge in [-0.15, -0.1) is 0 Å². The zero-order chi connectivity index (χ0) is 21.3. The average molecular weight is 411 g/mol. The van der Waals surface area contributed by atoms with Crippen molar-refractivity contribution in [1.82, 2.24) is 9.78 Å². The number of carbonyl (C=O) groups is 2. The lowest BCUT2D eigenvalue weighted by Crippen LogP contribution is -2.15. The van der Waals surface area contributed by atoms with Crippen LogP contribution < -0.4 is 4.74 Å². The Kier molecular flexibility index (Phi) is 5.89. The Labute approximate surface area is 175 Å². The first-order valence-corrected chi connectivity index (χ1v) is 9.65. The van der Waals surface area contributed by atoms with Crippen LogP contribution in [-0.2, 0) is 7.05 Å². The number of carbonyl (C=O) groups excluding carboxylic acids is 2. The molecule has 150 valence electrons. The Morgan fingerprint density at radius 2 is 1.69 bits per heavy atom. The number of rotatable bonds is 6. The Morgan fingerprint density at radius 1 is 1.03 bits per heavy atom. The minimum atomic E-state index is -0.276. The van der Waals surface area contributed by atoms with Crippen LogP contribution >= 0.6 is 11.6 Å². The van der Waals surface area contributed by atoms with Crippen LogP contribution in [0.3, 0.4) is 0 Å². The summed E-state index contributed by atoms with van der Waals surface area (Å²) in [7, 11) is 1.68. The first-order valence-electron chi connectivity index (χ1n) is 9.27. The molecule has 0 fully saturated rings. The molecule has 0 radical (unpaired) electrons. The van der Waals surface area contributed by atoms with Crippen molar-refractivity contribution in [2.24, 2.45) is 7.05 Å². The van der Waals surface area contributed by atoms with Crippen molar-refractivity contribution in [3.8, 4) is 5.88 Å². The molecule has 29 heavy (non-hydrogen) atoms. The van der Waals surface area contributed by atoms with Crippen molar-refractivity contribution in [3.63, 3.8) is 0 Å². The summed E-state index contributed by atoms with van der Waals surface area (Å²) >= 11 is 6.43. The second-order valence-electron chi connectivity index (χ2n) is 7.17. The molecule has 1 aromatic heterocycles. The molecule has 0 N–H and O–H groups in total. The van der Waals surface area contributed by atoms with Crippen LogP contribution in [-0.4, -0.2) is 28.0 Å². The van der Waals surface area contributed by atoms with Crippen molar-refractivity contribution in [2.45, 2.75) is 27.7 Å². The van der Waals surface area contributed by atoms with E-state index in [9.17, 15) is 9.59 Å². The molecule has 0 spiro atoms. The fourth-order valence-electron chi connectivity index (χ4n) is 3.11. The molecule has 0 aliphatic heterocycles. The van der Waals surface area contributed by atoms with Crippen LogP contribution in [0.2, 0.25) is 5.02 Å². The largest absolute Gasteiger partial charge is 0.469 e. The Hall–Kier alpha value is -2.92. The fraction of sp³-hybridized carbons (Fsp3) is 0.261. The molecule has 0 aliphatic rings. The van der Waals surface area contributed by atoms with E-state index in [0.717, 1.165) is 16.7 Å². The Morgan fingerprint density at radius 3 is 2.34 bits per heavy atom. The number of hydrogen-bond acceptors (Lipinski definition) is 4. The zero-order valence-corrected chi connectivity index (χ0v) is 17.9. The predicted octanol–water partition coefficient (Wildman–Crippen LogP) is 4.80. The maximum atomic E-state index is 13.2. The quantitative estimate of drug-likeness (QED) is 0.547. The second kappa shape index (κ2) is 8.21. The minimum absolute atomic E-state index is 0.175. The topological polar surface area (TPSA) is 61.2 Å². The van der Waals surface area contributed by atoms with E-state index in [1.807, 2.05) is 39.0 Å². The van der Waals surface area contributed by atoms with E-state index in [1.165, 1.54) is 4.68 Å². The maximum absolute atomic E-state index is 13.2. The molecule has 0 unspecified atom stereocenters. The van der Waals surface area contributed by atoms with Crippen molar-refractivity contribution in [3.05, 3.63) is 80.5 Å². The summed E-state index contributed by atoms with van der Waals surface area (Å²) in [5, 5.41) is 4.72. The van der Waals surface area contributed by atoms with Crippen LogP contribution in [0.25, 0.3) is 0 Å². The monoisotopic (exact) mass is 410 g/mol. The molecule has 0 amide bonds. The van der Waals surface area contributed by atoms with Gasteiger partial charge in [0.2, 0.25) is 11.7 Å². The van der Waals surface area contributed by atoms with Gasteiger partial charge in [-0.1, -0.05) is 47.5 Å². The number of Topliss-reactive ketones (excluding diaryl/α,β-unsaturated/α-hetero) is 1. The third kappa shape index (κ3) is 4.10. The summed E-state index contributed by atoms with van der Waals surface area (Å²) in [4.78, 5) is 25.7. The SMILES string of the molecule is Cc1ccc(C(=O)COc2c(C(=O)c3ccc(C)c(C)c3Cl)c(C)nn2C)cc1. The molecule has 1 heterocycles. The van der Waals surface area contributed by atoms with E-state index in [1.54, 1.807) is 32.2 Å². The molecule has 6 heteroatoms. The van der Waals surface area contributed by atoms with Crippen LogP contribution in [0.5, 0.6) is 5.88 Å². The number of aryl methyl sites for hydroxylation is 4. The highest BCUT2D eigenvalue weighted by Gasteiger charge is 2.26.